The molecule has 224 valence electrons. The van der Waals surface area contributed by atoms with Crippen LogP contribution in [0.5, 0.6) is 0 Å². The zero-order valence-corrected chi connectivity index (χ0v) is 23.2. The maximum atomic E-state index is 15.8. The van der Waals surface area contributed by atoms with Crippen molar-refractivity contribution < 1.29 is 47.3 Å². The number of rotatable bonds is 9. The van der Waals surface area contributed by atoms with Crippen LogP contribution in [0.15, 0.2) is 121 Å². The smallest absolute Gasteiger partial charge is 0.338 e. The van der Waals surface area contributed by atoms with Crippen LogP contribution in [0.2, 0.25) is 0 Å². The summed E-state index contributed by atoms with van der Waals surface area (Å²) >= 11 is 0. The second-order valence-electron chi connectivity index (χ2n) is 9.70. The summed E-state index contributed by atoms with van der Waals surface area (Å²) in [4.78, 5) is 52.1. The Morgan fingerprint density at radius 1 is 0.500 bits per heavy atom. The number of alkyl halides is 1. The van der Waals surface area contributed by atoms with Crippen LogP contribution in [0, 0.1) is 0 Å². The second kappa shape index (κ2) is 14.2. The van der Waals surface area contributed by atoms with Crippen LogP contribution >= 0.6 is 0 Å². The van der Waals surface area contributed by atoms with Crippen LogP contribution < -0.4 is 0 Å². The van der Waals surface area contributed by atoms with Crippen molar-refractivity contribution in [2.45, 2.75) is 30.8 Å². The predicted octanol–water partition coefficient (Wildman–Crippen LogP) is 5.21. The van der Waals surface area contributed by atoms with Crippen molar-refractivity contribution in [2.24, 2.45) is 0 Å². The van der Waals surface area contributed by atoms with E-state index in [0.29, 0.717) is 0 Å². The molecular weight excluding hydrogens is 571 g/mol. The number of esters is 4. The van der Waals surface area contributed by atoms with Gasteiger partial charge in [0.25, 0.3) is 0 Å². The number of carbonyl (C=O) groups excluding carboxylic acids is 4. The Morgan fingerprint density at radius 3 is 1.25 bits per heavy atom. The summed E-state index contributed by atoms with van der Waals surface area (Å²) in [5, 5.41) is 0. The molecule has 0 aliphatic carbocycles. The van der Waals surface area contributed by atoms with E-state index in [1.807, 2.05) is 0 Å². The number of carbonyl (C=O) groups is 4. The van der Waals surface area contributed by atoms with Gasteiger partial charge in [0.15, 0.2) is 18.3 Å². The van der Waals surface area contributed by atoms with E-state index in [1.54, 1.807) is 72.8 Å². The largest absolute Gasteiger partial charge is 0.459 e. The van der Waals surface area contributed by atoms with Gasteiger partial charge in [-0.1, -0.05) is 72.8 Å². The first kappa shape index (κ1) is 30.1. The molecule has 1 aliphatic rings. The average Bonchev–Trinajstić information content (AvgIpc) is 3.07. The molecule has 0 aromatic heterocycles. The molecule has 9 nitrogen and oxygen atoms in total. The highest BCUT2D eigenvalue weighted by Gasteiger charge is 2.53. The van der Waals surface area contributed by atoms with E-state index in [0.717, 1.165) is 0 Å². The molecule has 1 fully saturated rings. The Hall–Kier alpha value is -5.35. The molecule has 0 saturated carbocycles. The maximum Gasteiger partial charge on any atom is 0.338 e. The summed E-state index contributed by atoms with van der Waals surface area (Å²) in [6, 6.07) is 31.6. The van der Waals surface area contributed by atoms with Crippen molar-refractivity contribution in [3.8, 4) is 0 Å². The lowest BCUT2D eigenvalue weighted by Crippen LogP contribution is -2.61. The van der Waals surface area contributed by atoms with Crippen LogP contribution in [0.1, 0.15) is 41.4 Å². The van der Waals surface area contributed by atoms with Gasteiger partial charge in [0.05, 0.1) is 22.3 Å². The van der Waals surface area contributed by atoms with Gasteiger partial charge in [-0.05, 0) is 48.5 Å². The van der Waals surface area contributed by atoms with Crippen molar-refractivity contribution in [1.29, 1.82) is 0 Å². The molecule has 10 heteroatoms. The Kier molecular flexibility index (Phi) is 9.73. The van der Waals surface area contributed by atoms with Gasteiger partial charge < -0.3 is 23.7 Å². The molecule has 0 unspecified atom stereocenters. The Balaban J connectivity index is 1.48. The number of ether oxygens (including phenoxy) is 5. The highest BCUT2D eigenvalue weighted by Crippen LogP contribution is 2.31. The minimum atomic E-state index is -2.36. The van der Waals surface area contributed by atoms with Crippen molar-refractivity contribution >= 4 is 23.9 Å². The van der Waals surface area contributed by atoms with Crippen LogP contribution in [-0.4, -0.2) is 61.3 Å². The van der Waals surface area contributed by atoms with Crippen molar-refractivity contribution in [1.82, 2.24) is 0 Å². The fourth-order valence-electron chi connectivity index (χ4n) is 4.51. The third kappa shape index (κ3) is 7.34. The minimum Gasteiger partial charge on any atom is -0.459 e. The standard InChI is InChI=1S/C34H27FO9/c35-30-29(44-34(39)25-19-11-4-12-20-25)28(43-33(38)24-17-9-3-10-18-24)27(42-32(37)23-15-7-2-8-16-23)26(41-30)21-40-31(36)22-13-5-1-6-14-22/h1-20,26-30H,21H2/t26-,27-,28+,29+,30-/m1/s1. The van der Waals surface area contributed by atoms with E-state index in [4.69, 9.17) is 23.7 Å². The molecular formula is C34H27FO9. The number of halogens is 1. The van der Waals surface area contributed by atoms with Gasteiger partial charge in [0.1, 0.15) is 12.7 Å². The summed E-state index contributed by atoms with van der Waals surface area (Å²) < 4.78 is 43.6. The van der Waals surface area contributed by atoms with Crippen LogP contribution in [-0.2, 0) is 23.7 Å². The van der Waals surface area contributed by atoms with Gasteiger partial charge in [0, 0.05) is 0 Å². The van der Waals surface area contributed by atoms with Crippen LogP contribution in [0.4, 0.5) is 4.39 Å². The van der Waals surface area contributed by atoms with Gasteiger partial charge in [-0.15, -0.1) is 0 Å². The van der Waals surface area contributed by atoms with E-state index in [2.05, 4.69) is 0 Å². The van der Waals surface area contributed by atoms with E-state index >= 15 is 4.39 Å². The summed E-state index contributed by atoms with van der Waals surface area (Å²) in [5.74, 6) is -3.42. The molecule has 0 spiro atoms. The van der Waals surface area contributed by atoms with Crippen LogP contribution in [0.25, 0.3) is 0 Å². The Labute approximate surface area is 252 Å². The summed E-state index contributed by atoms with van der Waals surface area (Å²) in [6.07, 6.45) is -8.94. The summed E-state index contributed by atoms with van der Waals surface area (Å²) in [5.41, 5.74) is 0.577. The number of benzene rings is 4. The average molecular weight is 599 g/mol. The number of hydrogen-bond acceptors (Lipinski definition) is 9. The SMILES string of the molecule is O=C(OC[C@H]1O[C@@H](F)[C@@H](OC(=O)c2ccccc2)[C@@H](OC(=O)c2ccccc2)[C@@H]1OC(=O)c1ccccc1)c1ccccc1. The number of hydrogen-bond donors (Lipinski definition) is 0. The van der Waals surface area contributed by atoms with Crippen LogP contribution in [0.3, 0.4) is 0 Å². The molecule has 1 saturated heterocycles. The Bertz CT molecular complexity index is 1570. The highest BCUT2D eigenvalue weighted by atomic mass is 19.1. The summed E-state index contributed by atoms with van der Waals surface area (Å²) in [6.45, 7) is -0.584. The molecule has 1 aliphatic heterocycles. The predicted molar refractivity (Wildman–Crippen MR) is 153 cm³/mol. The maximum absolute atomic E-state index is 15.8. The van der Waals surface area contributed by atoms with Gasteiger partial charge in [-0.25, -0.2) is 23.6 Å². The molecule has 1 heterocycles. The molecule has 0 N–H and O–H groups in total. The van der Waals surface area contributed by atoms with Crippen molar-refractivity contribution in [3.05, 3.63) is 144 Å². The quantitative estimate of drug-likeness (QED) is 0.189. The molecule has 4 aromatic carbocycles. The lowest BCUT2D eigenvalue weighted by Gasteiger charge is -2.42. The molecule has 44 heavy (non-hydrogen) atoms. The highest BCUT2D eigenvalue weighted by molar-refractivity contribution is 5.91. The zero-order valence-electron chi connectivity index (χ0n) is 23.2. The zero-order chi connectivity index (χ0) is 30.9. The fourth-order valence-corrected chi connectivity index (χ4v) is 4.51. The van der Waals surface area contributed by atoms with E-state index in [1.165, 1.54) is 48.5 Å². The first-order valence-corrected chi connectivity index (χ1v) is 13.7. The molecule has 0 bridgehead atoms. The van der Waals surface area contributed by atoms with E-state index in [9.17, 15) is 19.2 Å². The van der Waals surface area contributed by atoms with E-state index < -0.39 is 61.3 Å². The van der Waals surface area contributed by atoms with Gasteiger partial charge >= 0.3 is 23.9 Å². The second-order valence-corrected chi connectivity index (χ2v) is 9.70. The molecule has 5 rings (SSSR count). The molecule has 0 radical (unpaired) electrons. The lowest BCUT2D eigenvalue weighted by atomic mass is 9.98. The molecule has 0 amide bonds. The lowest BCUT2D eigenvalue weighted by molar-refractivity contribution is -0.261. The van der Waals surface area contributed by atoms with Gasteiger partial charge in [0.2, 0.25) is 6.36 Å². The van der Waals surface area contributed by atoms with Gasteiger partial charge in [-0.2, -0.15) is 0 Å². The van der Waals surface area contributed by atoms with Gasteiger partial charge in [-0.3, -0.25) is 0 Å². The fraction of sp³-hybridized carbons (Fsp3) is 0.176. The Morgan fingerprint density at radius 2 is 0.841 bits per heavy atom. The first-order valence-electron chi connectivity index (χ1n) is 13.7. The minimum absolute atomic E-state index is 0.101. The molecule has 4 aromatic rings. The topological polar surface area (TPSA) is 114 Å². The molecule has 5 atom stereocenters. The van der Waals surface area contributed by atoms with Crippen molar-refractivity contribution in [3.63, 3.8) is 0 Å². The first-order chi connectivity index (χ1) is 21.4. The third-order valence-corrected chi connectivity index (χ3v) is 6.72. The third-order valence-electron chi connectivity index (χ3n) is 6.72. The normalized spacial score (nSPS) is 21.0. The van der Waals surface area contributed by atoms with Crippen molar-refractivity contribution in [2.75, 3.05) is 6.61 Å². The van der Waals surface area contributed by atoms with E-state index in [-0.39, 0.29) is 22.3 Å². The summed E-state index contributed by atoms with van der Waals surface area (Å²) in [7, 11) is 0. The monoisotopic (exact) mass is 598 g/mol.